The van der Waals surface area contributed by atoms with Crippen molar-refractivity contribution >= 4 is 0 Å². The molecule has 0 spiro atoms. The lowest BCUT2D eigenvalue weighted by Gasteiger charge is -2.46. The molecule has 0 aromatic heterocycles. The van der Waals surface area contributed by atoms with E-state index in [0.29, 0.717) is 34.8 Å². The Labute approximate surface area is 176 Å². The predicted molar refractivity (Wildman–Crippen MR) is 110 cm³/mol. The first-order valence-electron chi connectivity index (χ1n) is 10.4. The molecule has 0 radical (unpaired) electrons. The molecular weight excluding hydrogens is 386 g/mol. The van der Waals surface area contributed by atoms with Gasteiger partial charge in [-0.25, -0.2) is 0 Å². The first-order chi connectivity index (χ1) is 14.7. The number of benzene rings is 2. The molecule has 2 aromatic carbocycles. The largest absolute Gasteiger partial charge is 0.504 e. The minimum Gasteiger partial charge on any atom is -0.504 e. The van der Waals surface area contributed by atoms with Gasteiger partial charge in [0.25, 0.3) is 0 Å². The zero-order valence-corrected chi connectivity index (χ0v) is 17.6. The van der Waals surface area contributed by atoms with E-state index in [2.05, 4.69) is 4.90 Å². The predicted octanol–water partition coefficient (Wildman–Crippen LogP) is 3.65. The van der Waals surface area contributed by atoms with Crippen molar-refractivity contribution < 1.29 is 28.8 Å². The quantitative estimate of drug-likeness (QED) is 0.821. The first kappa shape index (κ1) is 19.2. The van der Waals surface area contributed by atoms with E-state index in [9.17, 15) is 5.11 Å². The van der Waals surface area contributed by atoms with Gasteiger partial charge in [-0.1, -0.05) is 6.42 Å². The second-order valence-corrected chi connectivity index (χ2v) is 7.98. The summed E-state index contributed by atoms with van der Waals surface area (Å²) in [4.78, 5) is 2.54. The summed E-state index contributed by atoms with van der Waals surface area (Å²) >= 11 is 0. The highest BCUT2D eigenvalue weighted by Gasteiger charge is 2.40. The van der Waals surface area contributed by atoms with Crippen LogP contribution in [0.15, 0.2) is 18.2 Å². The monoisotopic (exact) mass is 413 g/mol. The van der Waals surface area contributed by atoms with Gasteiger partial charge in [0.1, 0.15) is 0 Å². The third-order valence-electron chi connectivity index (χ3n) is 6.52. The zero-order chi connectivity index (χ0) is 20.8. The maximum atomic E-state index is 11.0. The van der Waals surface area contributed by atoms with E-state index < -0.39 is 0 Å². The number of ether oxygens (including phenoxy) is 5. The number of phenols is 1. The van der Waals surface area contributed by atoms with Crippen LogP contribution >= 0.6 is 0 Å². The Morgan fingerprint density at radius 1 is 1.00 bits per heavy atom. The van der Waals surface area contributed by atoms with Gasteiger partial charge in [0.15, 0.2) is 23.0 Å². The van der Waals surface area contributed by atoms with Crippen molar-refractivity contribution in [2.45, 2.75) is 37.8 Å². The number of aromatic hydroxyl groups is 1. The molecule has 2 atom stereocenters. The van der Waals surface area contributed by atoms with E-state index in [0.717, 1.165) is 42.5 Å². The van der Waals surface area contributed by atoms with Crippen molar-refractivity contribution in [2.24, 2.45) is 0 Å². The van der Waals surface area contributed by atoms with Crippen LogP contribution in [-0.4, -0.2) is 50.7 Å². The number of hydrogen-bond acceptors (Lipinski definition) is 7. The average Bonchev–Trinajstić information content (AvgIpc) is 3.26. The van der Waals surface area contributed by atoms with Crippen molar-refractivity contribution in [1.82, 2.24) is 4.90 Å². The Morgan fingerprint density at radius 3 is 2.47 bits per heavy atom. The lowest BCUT2D eigenvalue weighted by molar-refractivity contribution is 0.0987. The maximum absolute atomic E-state index is 11.0. The van der Waals surface area contributed by atoms with Crippen molar-refractivity contribution in [3.8, 4) is 34.5 Å². The Hall–Kier alpha value is -2.80. The molecule has 2 aromatic rings. The maximum Gasteiger partial charge on any atom is 0.231 e. The van der Waals surface area contributed by atoms with Crippen molar-refractivity contribution in [3.63, 3.8) is 0 Å². The van der Waals surface area contributed by atoms with E-state index in [4.69, 9.17) is 23.7 Å². The fraction of sp³-hybridized carbons (Fsp3) is 0.478. The second-order valence-electron chi connectivity index (χ2n) is 7.98. The fourth-order valence-electron chi connectivity index (χ4n) is 5.17. The van der Waals surface area contributed by atoms with Crippen LogP contribution < -0.4 is 23.7 Å². The number of rotatable bonds is 4. The van der Waals surface area contributed by atoms with Gasteiger partial charge in [-0.05, 0) is 55.1 Å². The van der Waals surface area contributed by atoms with Crippen LogP contribution in [0.2, 0.25) is 0 Å². The third kappa shape index (κ3) is 2.83. The van der Waals surface area contributed by atoms with Crippen LogP contribution in [0.1, 0.15) is 42.0 Å². The molecule has 3 heterocycles. The minimum absolute atomic E-state index is 0.0480. The van der Waals surface area contributed by atoms with Gasteiger partial charge < -0.3 is 28.8 Å². The summed E-state index contributed by atoms with van der Waals surface area (Å²) in [5, 5.41) is 11.0. The second kappa shape index (κ2) is 7.47. The number of piperidine rings is 1. The van der Waals surface area contributed by atoms with Gasteiger partial charge in [0.2, 0.25) is 18.3 Å². The third-order valence-corrected chi connectivity index (χ3v) is 6.52. The van der Waals surface area contributed by atoms with Crippen LogP contribution in [0.3, 0.4) is 0 Å². The van der Waals surface area contributed by atoms with E-state index in [1.165, 1.54) is 6.42 Å². The Balaban J connectivity index is 1.72. The highest BCUT2D eigenvalue weighted by molar-refractivity contribution is 5.63. The molecule has 1 N–H and O–H groups in total. The lowest BCUT2D eigenvalue weighted by atomic mass is 9.80. The SMILES string of the molecule is COc1cc(C2c3cc4c(c(O)c3CC3CCCCN32)OCO4)cc(OC)c1OC. The molecule has 0 bridgehead atoms. The minimum atomic E-state index is -0.0480. The van der Waals surface area contributed by atoms with Crippen LogP contribution in [0.5, 0.6) is 34.5 Å². The summed E-state index contributed by atoms with van der Waals surface area (Å²) in [6, 6.07) is 6.36. The van der Waals surface area contributed by atoms with Gasteiger partial charge in [-0.3, -0.25) is 4.90 Å². The summed E-state index contributed by atoms with van der Waals surface area (Å²) < 4.78 is 27.9. The summed E-state index contributed by atoms with van der Waals surface area (Å²) in [6.07, 6.45) is 4.26. The van der Waals surface area contributed by atoms with Crippen LogP contribution in [0.25, 0.3) is 0 Å². The first-order valence-corrected chi connectivity index (χ1v) is 10.4. The van der Waals surface area contributed by atoms with Gasteiger partial charge in [0, 0.05) is 11.6 Å². The molecule has 1 saturated heterocycles. The molecule has 1 fully saturated rings. The molecule has 7 nitrogen and oxygen atoms in total. The van der Waals surface area contributed by atoms with Gasteiger partial charge in [0.05, 0.1) is 27.4 Å². The normalized spacial score (nSPS) is 22.2. The molecule has 3 aliphatic rings. The Bertz CT molecular complexity index is 950. The molecule has 2 unspecified atom stereocenters. The number of fused-ring (bicyclic) bond motifs is 3. The van der Waals surface area contributed by atoms with E-state index >= 15 is 0 Å². The molecule has 30 heavy (non-hydrogen) atoms. The average molecular weight is 413 g/mol. The molecule has 160 valence electrons. The summed E-state index contributed by atoms with van der Waals surface area (Å²) in [5.74, 6) is 3.09. The standard InChI is InChI=1S/C23H27NO6/c1-26-17-8-13(9-18(27-2)22(17)28-3)20-15-11-19-23(30-12-29-19)21(25)16(15)10-14-6-4-5-7-24(14)20/h8-9,11,14,20,25H,4-7,10,12H2,1-3H3. The highest BCUT2D eigenvalue weighted by Crippen LogP contribution is 2.52. The number of hydrogen-bond donors (Lipinski definition) is 1. The van der Waals surface area contributed by atoms with Gasteiger partial charge in [-0.2, -0.15) is 0 Å². The Morgan fingerprint density at radius 2 is 1.77 bits per heavy atom. The van der Waals surface area contributed by atoms with Gasteiger partial charge >= 0.3 is 0 Å². The van der Waals surface area contributed by atoms with E-state index in [-0.39, 0.29) is 18.6 Å². The molecule has 0 aliphatic carbocycles. The van der Waals surface area contributed by atoms with Crippen LogP contribution in [-0.2, 0) is 6.42 Å². The van der Waals surface area contributed by atoms with Crippen molar-refractivity contribution in [2.75, 3.05) is 34.7 Å². The number of methoxy groups -OCH3 is 3. The van der Waals surface area contributed by atoms with E-state index in [1.807, 2.05) is 18.2 Å². The fourth-order valence-corrected chi connectivity index (χ4v) is 5.17. The molecule has 0 saturated carbocycles. The Kier molecular flexibility index (Phi) is 4.77. The smallest absolute Gasteiger partial charge is 0.231 e. The van der Waals surface area contributed by atoms with Gasteiger partial charge in [-0.15, -0.1) is 0 Å². The molecule has 5 rings (SSSR count). The van der Waals surface area contributed by atoms with Crippen LogP contribution in [0.4, 0.5) is 0 Å². The summed E-state index contributed by atoms with van der Waals surface area (Å²) in [5.41, 5.74) is 3.03. The molecular formula is C23H27NO6. The number of phenolic OH excluding ortho intramolecular Hbond substituents is 1. The van der Waals surface area contributed by atoms with Crippen LogP contribution in [0, 0.1) is 0 Å². The van der Waals surface area contributed by atoms with E-state index in [1.54, 1.807) is 21.3 Å². The lowest BCUT2D eigenvalue weighted by Crippen LogP contribution is -2.47. The summed E-state index contributed by atoms with van der Waals surface area (Å²) in [6.45, 7) is 1.13. The van der Waals surface area contributed by atoms with Crippen molar-refractivity contribution in [1.29, 1.82) is 0 Å². The van der Waals surface area contributed by atoms with Crippen molar-refractivity contribution in [3.05, 3.63) is 34.9 Å². The molecule has 0 amide bonds. The highest BCUT2D eigenvalue weighted by atomic mass is 16.7. The number of nitrogens with zero attached hydrogens (tertiary/aromatic N) is 1. The molecule has 3 aliphatic heterocycles. The molecule has 7 heteroatoms. The zero-order valence-electron chi connectivity index (χ0n) is 17.6. The topological polar surface area (TPSA) is 69.6 Å². The summed E-state index contributed by atoms with van der Waals surface area (Å²) in [7, 11) is 4.86.